The molecule has 17 rings (SSSR count). The number of hydrogen-bond acceptors (Lipinski definition) is 10. The number of nitrogens with one attached hydrogen (secondary N) is 3. The molecule has 2 aromatic heterocycles. The van der Waals surface area contributed by atoms with E-state index in [4.69, 9.17) is 24.9 Å². The summed E-state index contributed by atoms with van der Waals surface area (Å²) in [6.07, 6.45) is 0. The van der Waals surface area contributed by atoms with E-state index >= 15 is 4.79 Å². The predicted molar refractivity (Wildman–Crippen MR) is 284 cm³/mol. The molecule has 3 aliphatic carbocycles. The zero-order valence-corrected chi connectivity index (χ0v) is 37.9. The number of aliphatic hydroxyl groups is 1. The number of aliphatic hydroxyl groups excluding tert-OH is 1. The maximum atomic E-state index is 15.3. The molecule has 2 spiro atoms. The molecule has 0 radical (unpaired) electrons. The van der Waals surface area contributed by atoms with Crippen LogP contribution in [0.2, 0.25) is 0 Å². The maximum Gasteiger partial charge on any atom is 0.202 e. The van der Waals surface area contributed by atoms with Crippen molar-refractivity contribution >= 4 is 99.1 Å². The molecule has 0 amide bonds. The number of fused-ring (bicyclic) bond motifs is 14. The zero-order chi connectivity index (χ0) is 47.2. The lowest BCUT2D eigenvalue weighted by molar-refractivity contribution is -0.109. The van der Waals surface area contributed by atoms with Crippen molar-refractivity contribution in [2.75, 3.05) is 16.0 Å². The van der Waals surface area contributed by atoms with E-state index < -0.39 is 11.3 Å². The quantitative estimate of drug-likeness (QED) is 0.119. The Hall–Kier alpha value is -9.80. The van der Waals surface area contributed by atoms with Gasteiger partial charge in [-0.15, -0.1) is 0 Å². The Morgan fingerprint density at radius 1 is 0.431 bits per heavy atom. The topological polar surface area (TPSA) is 137 Å². The van der Waals surface area contributed by atoms with Crippen LogP contribution in [0.4, 0.5) is 17.1 Å². The van der Waals surface area contributed by atoms with E-state index in [1.165, 1.54) is 0 Å². The summed E-state index contributed by atoms with van der Waals surface area (Å²) >= 11 is 0. The highest BCUT2D eigenvalue weighted by Crippen LogP contribution is 2.55. The summed E-state index contributed by atoms with van der Waals surface area (Å²) in [5.41, 5.74) is 11.0. The molecule has 4 heterocycles. The number of carbonyl (C=O) groups excluding carboxylic acids is 1. The highest BCUT2D eigenvalue weighted by molar-refractivity contribution is 6.52. The molecule has 5 aliphatic rings. The van der Waals surface area contributed by atoms with Crippen molar-refractivity contribution in [3.63, 3.8) is 0 Å². The Morgan fingerprint density at radius 3 is 1.62 bits per heavy atom. The summed E-state index contributed by atoms with van der Waals surface area (Å²) in [5, 5.41) is 33.5. The molecule has 12 aromatic rings. The minimum absolute atomic E-state index is 0.0897. The molecule has 2 unspecified atom stereocenters. The van der Waals surface area contributed by atoms with Crippen LogP contribution in [0.5, 0.6) is 0 Å². The third-order valence-corrected chi connectivity index (χ3v) is 15.7. The van der Waals surface area contributed by atoms with Crippen LogP contribution >= 0.6 is 0 Å². The SMILES string of the molecule is O=C1C(c2ccc3cccc4c3c2NC2(N4)c3ccccc3-c3nc4cc5ccccc5cc4nc32)=C(O)/C1=c1\ccc2cccc3c2c1=NC1(N3)c2ccccc2-c2nc3cc4ccccc4cc3nc21. The van der Waals surface area contributed by atoms with Crippen molar-refractivity contribution in [2.45, 2.75) is 11.3 Å². The Balaban J connectivity index is 0.885. The van der Waals surface area contributed by atoms with Gasteiger partial charge in [0, 0.05) is 55.2 Å². The molecular weight excluding hydrogens is 889 g/mol. The van der Waals surface area contributed by atoms with Crippen LogP contribution < -0.4 is 26.5 Å². The van der Waals surface area contributed by atoms with Crippen LogP contribution in [0.25, 0.3) is 98.8 Å². The van der Waals surface area contributed by atoms with Gasteiger partial charge in [-0.25, -0.2) is 24.9 Å². The van der Waals surface area contributed by atoms with Crippen molar-refractivity contribution in [3.05, 3.63) is 226 Å². The number of ketones is 1. The van der Waals surface area contributed by atoms with Gasteiger partial charge in [0.05, 0.1) is 55.6 Å². The lowest BCUT2D eigenvalue weighted by Crippen LogP contribution is -2.46. The van der Waals surface area contributed by atoms with Crippen LogP contribution in [-0.2, 0) is 16.1 Å². The number of rotatable bonds is 1. The highest BCUT2D eigenvalue weighted by atomic mass is 16.3. The Bertz CT molecular complexity index is 4800. The number of carbonyl (C=O) groups is 1. The van der Waals surface area contributed by atoms with Crippen LogP contribution in [0, 0.1) is 0 Å². The van der Waals surface area contributed by atoms with Crippen molar-refractivity contribution in [1.29, 1.82) is 0 Å². The van der Waals surface area contributed by atoms with Gasteiger partial charge in [0.15, 0.2) is 5.66 Å². The number of allylic oxidation sites excluding steroid dienone is 2. The lowest BCUT2D eigenvalue weighted by Gasteiger charge is -2.40. The van der Waals surface area contributed by atoms with Crippen LogP contribution in [0.1, 0.15) is 28.1 Å². The molecule has 0 bridgehead atoms. The van der Waals surface area contributed by atoms with Gasteiger partial charge in [0.2, 0.25) is 11.4 Å². The summed E-state index contributed by atoms with van der Waals surface area (Å²) in [6.45, 7) is 0. The Kier molecular flexibility index (Phi) is 6.92. The first-order valence-corrected chi connectivity index (χ1v) is 24.1. The molecule has 334 valence electrons. The molecule has 0 fully saturated rings. The zero-order valence-electron chi connectivity index (χ0n) is 37.9. The average molecular weight is 923 g/mol. The van der Waals surface area contributed by atoms with E-state index in [0.29, 0.717) is 27.5 Å². The van der Waals surface area contributed by atoms with Gasteiger partial charge in [-0.1, -0.05) is 146 Å². The van der Waals surface area contributed by atoms with Gasteiger partial charge < -0.3 is 21.1 Å². The van der Waals surface area contributed by atoms with Gasteiger partial charge in [-0.2, -0.15) is 0 Å². The molecular formula is C62H34N8O2. The van der Waals surface area contributed by atoms with E-state index in [1.54, 1.807) is 0 Å². The summed E-state index contributed by atoms with van der Waals surface area (Å²) in [4.78, 5) is 42.4. The van der Waals surface area contributed by atoms with Gasteiger partial charge in [0.1, 0.15) is 17.1 Å². The van der Waals surface area contributed by atoms with Gasteiger partial charge in [0.25, 0.3) is 0 Å². The number of Topliss-reactive ketones (excluding diaryl/α,β-unsaturated/α-hetero) is 1. The molecule has 2 aliphatic heterocycles. The fourth-order valence-corrected chi connectivity index (χ4v) is 12.5. The minimum Gasteiger partial charge on any atom is -0.506 e. The van der Waals surface area contributed by atoms with Crippen molar-refractivity contribution < 1.29 is 9.90 Å². The Labute approximate surface area is 408 Å². The second-order valence-electron chi connectivity index (χ2n) is 19.4. The molecule has 0 saturated heterocycles. The standard InChI is InChI=1S/C62H34N8O2/c71-57-51(39-25-23-31-15-9-21-43-49(31)53(39)69-61(67-43)41-19-7-5-17-37(41)55-59(61)65-47-29-35-13-3-1-11-33(35)27-45(47)63-55)58(72)52(57)40-26-24-32-16-10-22-44-50(32)54(40)70-62(68-44)42-20-8-6-18-38(42)56-60(62)66-48-30-36-14-4-2-12-34(36)28-46(48)64-56/h1-30,67-69,71H/b52-40-. The second kappa shape index (κ2) is 13.1. The fourth-order valence-electron chi connectivity index (χ4n) is 12.5. The van der Waals surface area contributed by atoms with E-state index in [1.807, 2.05) is 97.1 Å². The summed E-state index contributed by atoms with van der Waals surface area (Å²) in [7, 11) is 0. The fraction of sp³-hybridized carbons (Fsp3) is 0.0323. The lowest BCUT2D eigenvalue weighted by atomic mass is 9.79. The monoisotopic (exact) mass is 922 g/mol. The van der Waals surface area contributed by atoms with Gasteiger partial charge in [-0.05, 0) is 68.7 Å². The molecule has 10 nitrogen and oxygen atoms in total. The molecule has 0 saturated carbocycles. The largest absolute Gasteiger partial charge is 0.506 e. The predicted octanol–water partition coefficient (Wildman–Crippen LogP) is 11.5. The van der Waals surface area contributed by atoms with Crippen molar-refractivity contribution in [1.82, 2.24) is 19.9 Å². The molecule has 2 atom stereocenters. The first-order chi connectivity index (χ1) is 35.4. The van der Waals surface area contributed by atoms with Crippen LogP contribution in [0.15, 0.2) is 193 Å². The minimum atomic E-state index is -1.19. The summed E-state index contributed by atoms with van der Waals surface area (Å²) in [6, 6.07) is 61.4. The van der Waals surface area contributed by atoms with Crippen molar-refractivity contribution in [3.8, 4) is 22.5 Å². The van der Waals surface area contributed by atoms with Gasteiger partial charge >= 0.3 is 0 Å². The smallest absolute Gasteiger partial charge is 0.202 e. The van der Waals surface area contributed by atoms with Gasteiger partial charge in [-0.3, -0.25) is 4.79 Å². The first kappa shape index (κ1) is 38.1. The van der Waals surface area contributed by atoms with E-state index in [2.05, 4.69) is 101 Å². The third-order valence-electron chi connectivity index (χ3n) is 15.7. The van der Waals surface area contributed by atoms with E-state index in [9.17, 15) is 5.11 Å². The first-order valence-electron chi connectivity index (χ1n) is 24.1. The van der Waals surface area contributed by atoms with E-state index in [-0.39, 0.29) is 22.7 Å². The van der Waals surface area contributed by atoms with Crippen LogP contribution in [0.3, 0.4) is 0 Å². The number of hydrogen-bond donors (Lipinski definition) is 4. The molecule has 10 heteroatoms. The van der Waals surface area contributed by atoms with Crippen LogP contribution in [-0.4, -0.2) is 30.8 Å². The van der Waals surface area contributed by atoms with E-state index in [0.717, 1.165) is 116 Å². The number of nitrogens with zero attached hydrogens (tertiary/aromatic N) is 5. The second-order valence-corrected chi connectivity index (χ2v) is 19.4. The molecule has 4 N–H and O–H groups in total. The molecule has 72 heavy (non-hydrogen) atoms. The van der Waals surface area contributed by atoms with Crippen molar-refractivity contribution in [2.24, 2.45) is 4.99 Å². The molecule has 10 aromatic carbocycles. The number of aromatic nitrogens is 4. The summed E-state index contributed by atoms with van der Waals surface area (Å²) < 4.78 is 0. The number of anilines is 3. The highest BCUT2D eigenvalue weighted by Gasteiger charge is 2.51. The number of benzene rings is 10. The maximum absolute atomic E-state index is 15.3. The summed E-state index contributed by atoms with van der Waals surface area (Å²) in [5.74, 6) is -0.367. The average Bonchev–Trinajstić information content (AvgIpc) is 3.81. The third kappa shape index (κ3) is 4.69. The Morgan fingerprint density at radius 2 is 0.958 bits per heavy atom. The normalized spacial score (nSPS) is 19.3.